The summed E-state index contributed by atoms with van der Waals surface area (Å²) in [4.78, 5) is 12.3. The number of halogens is 4. The molecule has 0 aliphatic rings. The normalized spacial score (nSPS) is 13.0. The van der Waals surface area contributed by atoms with Gasteiger partial charge in [-0.2, -0.15) is 13.2 Å². The van der Waals surface area contributed by atoms with Crippen LogP contribution in [-0.2, 0) is 6.18 Å². The predicted molar refractivity (Wildman–Crippen MR) is 81.0 cm³/mol. The molecule has 2 aromatic heterocycles. The first-order chi connectivity index (χ1) is 11.8. The Hall–Kier alpha value is -2.84. The zero-order valence-corrected chi connectivity index (χ0v) is 13.3. The van der Waals surface area contributed by atoms with Gasteiger partial charge in [-0.15, -0.1) is 5.10 Å². The molecule has 0 radical (unpaired) electrons. The highest BCUT2D eigenvalue weighted by Crippen LogP contribution is 2.32. The molecular weight excluding hydrogens is 338 g/mol. The van der Waals surface area contributed by atoms with Crippen LogP contribution in [0.3, 0.4) is 0 Å². The molecule has 0 spiro atoms. The van der Waals surface area contributed by atoms with Crippen LogP contribution in [0.15, 0.2) is 36.8 Å². The molecule has 25 heavy (non-hydrogen) atoms. The zero-order valence-electron chi connectivity index (χ0n) is 13.3. The van der Waals surface area contributed by atoms with Crippen molar-refractivity contribution >= 4 is 0 Å². The SMILES string of the molecule is Cc1nccc(-c2ncn(C(C)c3ccc(C(F)(F)F)cc3F)n2)n1. The van der Waals surface area contributed by atoms with Gasteiger partial charge in [0.1, 0.15) is 23.7 Å². The molecule has 0 aliphatic heterocycles. The standard InChI is InChI=1S/C16H13F4N5/c1-9(12-4-3-11(7-13(12)17)16(18,19)20)25-8-22-15(24-25)14-5-6-21-10(2)23-14/h3-9H,1-2H3. The van der Waals surface area contributed by atoms with Gasteiger partial charge in [0.25, 0.3) is 0 Å². The molecule has 0 saturated heterocycles. The summed E-state index contributed by atoms with van der Waals surface area (Å²) < 4.78 is 53.4. The van der Waals surface area contributed by atoms with Gasteiger partial charge in [-0.1, -0.05) is 6.07 Å². The average Bonchev–Trinajstić information content (AvgIpc) is 3.03. The second-order valence-electron chi connectivity index (χ2n) is 5.45. The first-order valence-electron chi connectivity index (χ1n) is 7.33. The number of rotatable bonds is 3. The van der Waals surface area contributed by atoms with Crippen LogP contribution in [0.2, 0.25) is 0 Å². The summed E-state index contributed by atoms with van der Waals surface area (Å²) in [5.74, 6) is -0.0717. The number of benzene rings is 1. The van der Waals surface area contributed by atoms with E-state index in [0.717, 1.165) is 12.1 Å². The van der Waals surface area contributed by atoms with E-state index in [0.29, 0.717) is 23.4 Å². The molecule has 1 unspecified atom stereocenters. The van der Waals surface area contributed by atoms with Crippen LogP contribution in [0.1, 0.15) is 29.9 Å². The molecule has 130 valence electrons. The van der Waals surface area contributed by atoms with E-state index in [1.165, 1.54) is 11.0 Å². The number of alkyl halides is 3. The van der Waals surface area contributed by atoms with Crippen molar-refractivity contribution in [2.24, 2.45) is 0 Å². The van der Waals surface area contributed by atoms with Crippen LogP contribution < -0.4 is 0 Å². The fourth-order valence-corrected chi connectivity index (χ4v) is 2.34. The quantitative estimate of drug-likeness (QED) is 0.674. The summed E-state index contributed by atoms with van der Waals surface area (Å²) in [6.07, 6.45) is -1.64. The molecule has 5 nitrogen and oxygen atoms in total. The van der Waals surface area contributed by atoms with E-state index in [9.17, 15) is 17.6 Å². The van der Waals surface area contributed by atoms with Gasteiger partial charge in [-0.25, -0.2) is 24.0 Å². The van der Waals surface area contributed by atoms with Gasteiger partial charge in [0.05, 0.1) is 11.6 Å². The van der Waals surface area contributed by atoms with Gasteiger partial charge >= 0.3 is 6.18 Å². The number of hydrogen-bond acceptors (Lipinski definition) is 4. The Labute approximate surface area is 140 Å². The van der Waals surface area contributed by atoms with Crippen molar-refractivity contribution in [3.63, 3.8) is 0 Å². The maximum Gasteiger partial charge on any atom is 0.416 e. The minimum atomic E-state index is -4.59. The van der Waals surface area contributed by atoms with Crippen LogP contribution in [0, 0.1) is 12.7 Å². The molecule has 0 bridgehead atoms. The average molecular weight is 351 g/mol. The van der Waals surface area contributed by atoms with Gasteiger partial charge in [-0.3, -0.25) is 0 Å². The molecule has 2 heterocycles. The smallest absolute Gasteiger partial charge is 0.245 e. The fraction of sp³-hybridized carbons (Fsp3) is 0.250. The van der Waals surface area contributed by atoms with E-state index in [2.05, 4.69) is 20.1 Å². The Balaban J connectivity index is 1.90. The molecule has 0 saturated carbocycles. The topological polar surface area (TPSA) is 56.5 Å². The largest absolute Gasteiger partial charge is 0.416 e. The molecule has 0 N–H and O–H groups in total. The van der Waals surface area contributed by atoms with Gasteiger partial charge in [0.15, 0.2) is 5.82 Å². The van der Waals surface area contributed by atoms with Crippen LogP contribution in [0.25, 0.3) is 11.5 Å². The van der Waals surface area contributed by atoms with Crippen molar-refractivity contribution in [2.45, 2.75) is 26.1 Å². The van der Waals surface area contributed by atoms with Gasteiger partial charge in [0.2, 0.25) is 0 Å². The van der Waals surface area contributed by atoms with Crippen molar-refractivity contribution in [3.8, 4) is 11.5 Å². The molecule has 3 rings (SSSR count). The first kappa shape index (κ1) is 17.0. The van der Waals surface area contributed by atoms with Crippen molar-refractivity contribution in [1.29, 1.82) is 0 Å². The van der Waals surface area contributed by atoms with Crippen molar-refractivity contribution < 1.29 is 17.6 Å². The third-order valence-electron chi connectivity index (χ3n) is 3.69. The van der Waals surface area contributed by atoms with Crippen LogP contribution in [0.5, 0.6) is 0 Å². The predicted octanol–water partition coefficient (Wildman–Crippen LogP) is 3.81. The maximum absolute atomic E-state index is 14.1. The van der Waals surface area contributed by atoms with E-state index < -0.39 is 23.6 Å². The monoisotopic (exact) mass is 351 g/mol. The number of aromatic nitrogens is 5. The molecule has 1 aromatic carbocycles. The zero-order chi connectivity index (χ0) is 18.2. The number of aryl methyl sites for hydroxylation is 1. The van der Waals surface area contributed by atoms with Crippen LogP contribution in [-0.4, -0.2) is 24.7 Å². The lowest BCUT2D eigenvalue weighted by Gasteiger charge is -2.14. The Morgan fingerprint density at radius 1 is 1.12 bits per heavy atom. The Morgan fingerprint density at radius 2 is 1.88 bits per heavy atom. The van der Waals surface area contributed by atoms with Crippen molar-refractivity contribution in [2.75, 3.05) is 0 Å². The van der Waals surface area contributed by atoms with E-state index in [1.807, 2.05) is 0 Å². The highest BCUT2D eigenvalue weighted by molar-refractivity contribution is 5.47. The third kappa shape index (κ3) is 3.49. The summed E-state index contributed by atoms with van der Waals surface area (Å²) in [5.41, 5.74) is -0.439. The van der Waals surface area contributed by atoms with Crippen molar-refractivity contribution in [1.82, 2.24) is 24.7 Å². The summed E-state index contributed by atoms with van der Waals surface area (Å²) >= 11 is 0. The Morgan fingerprint density at radius 3 is 2.52 bits per heavy atom. The first-order valence-corrected chi connectivity index (χ1v) is 7.33. The summed E-state index contributed by atoms with van der Waals surface area (Å²) in [7, 11) is 0. The molecule has 9 heteroatoms. The van der Waals surface area contributed by atoms with Gasteiger partial charge in [0, 0.05) is 11.8 Å². The van der Waals surface area contributed by atoms with E-state index in [1.54, 1.807) is 26.1 Å². The molecule has 0 fully saturated rings. The third-order valence-corrected chi connectivity index (χ3v) is 3.69. The highest BCUT2D eigenvalue weighted by Gasteiger charge is 2.31. The van der Waals surface area contributed by atoms with Crippen molar-refractivity contribution in [3.05, 3.63) is 59.6 Å². The Bertz CT molecular complexity index is 904. The molecule has 1 atom stereocenters. The van der Waals surface area contributed by atoms with Crippen LogP contribution >= 0.6 is 0 Å². The second-order valence-corrected chi connectivity index (χ2v) is 5.45. The lowest BCUT2D eigenvalue weighted by Crippen LogP contribution is -2.12. The Kier molecular flexibility index (Phi) is 4.23. The maximum atomic E-state index is 14.1. The molecule has 0 aliphatic carbocycles. The van der Waals surface area contributed by atoms with Crippen LogP contribution in [0.4, 0.5) is 17.6 Å². The van der Waals surface area contributed by atoms with Gasteiger partial charge < -0.3 is 0 Å². The summed E-state index contributed by atoms with van der Waals surface area (Å²) in [6.45, 7) is 3.34. The lowest BCUT2D eigenvalue weighted by molar-refractivity contribution is -0.137. The van der Waals surface area contributed by atoms with E-state index >= 15 is 0 Å². The van der Waals surface area contributed by atoms with E-state index in [-0.39, 0.29) is 5.56 Å². The number of hydrogen-bond donors (Lipinski definition) is 0. The number of nitrogens with zero attached hydrogens (tertiary/aromatic N) is 5. The summed E-state index contributed by atoms with van der Waals surface area (Å²) in [5, 5.41) is 4.24. The molecule has 3 aromatic rings. The van der Waals surface area contributed by atoms with E-state index in [4.69, 9.17) is 0 Å². The molecular formula is C16H13F4N5. The molecule has 0 amide bonds. The highest BCUT2D eigenvalue weighted by atomic mass is 19.4. The lowest BCUT2D eigenvalue weighted by atomic mass is 10.1. The summed E-state index contributed by atoms with van der Waals surface area (Å²) in [6, 6.07) is 3.44. The minimum Gasteiger partial charge on any atom is -0.245 e. The fourth-order valence-electron chi connectivity index (χ4n) is 2.34. The van der Waals surface area contributed by atoms with Gasteiger partial charge in [-0.05, 0) is 32.0 Å². The minimum absolute atomic E-state index is 0.0864. The second kappa shape index (κ2) is 6.23.